The van der Waals surface area contributed by atoms with Crippen molar-refractivity contribution < 1.29 is 43.6 Å². The molecule has 68 heavy (non-hydrogen) atoms. The molecule has 0 spiro atoms. The minimum Gasteiger partial charge on any atom is -0.459 e. The van der Waals surface area contributed by atoms with Gasteiger partial charge in [0.2, 0.25) is 5.79 Å². The van der Waals surface area contributed by atoms with Gasteiger partial charge < -0.3 is 44.2 Å². The maximum atomic E-state index is 14.2. The van der Waals surface area contributed by atoms with Crippen LogP contribution in [-0.2, 0) is 14.3 Å². The molecule has 4 rings (SSSR count). The van der Waals surface area contributed by atoms with Gasteiger partial charge in [-0.15, -0.1) is 6.58 Å². The molecule has 1 aromatic rings. The number of amides is 2. The number of ether oxygens (including phenoxy) is 4. The summed E-state index contributed by atoms with van der Waals surface area (Å²) in [6, 6.07) is 4.90. The molecular formula is C56H93N3O9. The standard InChI is InChI=1S/C56H93N3O9/c1-6-10-12-14-16-18-20-22-24-28-36-57-54(62)67-45-34-35-50-48(42-45)52-46(33-27-30-38-61)44(32-26-29-37-60)41-47-49(58-66-9-4)43-51(56(68-50,53(47)52)65-39-8-3)59(5)55(63)64-40-31-25-23-21-19-17-15-13-11-7-2/h8,34-35,41-42,44,46,51-53,60-61H,3,6-7,9-33,36-40,43H2,1-2,4-5H3,(H,57,62)/t44-,46+,51-,52+,53+,56+/m0/s1. The Balaban J connectivity index is 1.62. The van der Waals surface area contributed by atoms with Gasteiger partial charge in [-0.05, 0) is 81.1 Å². The lowest BCUT2D eigenvalue weighted by Gasteiger charge is -2.59. The van der Waals surface area contributed by atoms with Gasteiger partial charge in [0.1, 0.15) is 24.1 Å². The van der Waals surface area contributed by atoms with E-state index in [0.29, 0.717) is 50.5 Å². The van der Waals surface area contributed by atoms with Gasteiger partial charge in [0.05, 0.1) is 24.8 Å². The molecule has 0 bridgehead atoms. The average molecular weight is 952 g/mol. The smallest absolute Gasteiger partial charge is 0.412 e. The van der Waals surface area contributed by atoms with Crippen LogP contribution in [0.5, 0.6) is 11.5 Å². The molecule has 2 aliphatic carbocycles. The molecule has 1 heterocycles. The molecule has 2 amide bonds. The number of aliphatic hydroxyl groups excluding tert-OH is 2. The maximum Gasteiger partial charge on any atom is 0.412 e. The number of unbranched alkanes of at least 4 members (excludes halogenated alkanes) is 20. The van der Waals surface area contributed by atoms with Gasteiger partial charge in [-0.25, -0.2) is 9.59 Å². The lowest BCUT2D eigenvalue weighted by molar-refractivity contribution is -0.253. The first-order valence-electron chi connectivity index (χ1n) is 27.4. The number of benzene rings is 1. The van der Waals surface area contributed by atoms with E-state index in [1.807, 2.05) is 19.1 Å². The SMILES string of the molecule is C=CCO[C@@]12Oc3ccc(OC(=O)NCCCCCCCCCCCC)cc3[C@H]3[C@H](CCCCO)[C@@H](CCCCO)C=C(C(=NOCC)C[C@@H]1N(C)C(=O)OCCCCCCCCCCCC)[C@H]32. The van der Waals surface area contributed by atoms with Crippen molar-refractivity contribution >= 4 is 17.9 Å². The quantitative estimate of drug-likeness (QED) is 0.0337. The summed E-state index contributed by atoms with van der Waals surface area (Å²) in [4.78, 5) is 34.9. The number of allylic oxidation sites excluding steroid dienone is 1. The largest absolute Gasteiger partial charge is 0.459 e. The van der Waals surface area contributed by atoms with Gasteiger partial charge in [0, 0.05) is 44.7 Å². The zero-order valence-electron chi connectivity index (χ0n) is 43.0. The fraction of sp³-hybridized carbons (Fsp3) is 0.768. The molecule has 0 unspecified atom stereocenters. The van der Waals surface area contributed by atoms with Gasteiger partial charge in [0.15, 0.2) is 0 Å². The number of nitrogens with one attached hydrogen (secondary N) is 1. The molecule has 0 aromatic heterocycles. The van der Waals surface area contributed by atoms with E-state index >= 15 is 0 Å². The van der Waals surface area contributed by atoms with E-state index in [-0.39, 0.29) is 37.6 Å². The Bertz CT molecular complexity index is 1650. The highest BCUT2D eigenvalue weighted by molar-refractivity contribution is 6.03. The lowest BCUT2D eigenvalue weighted by atomic mass is 9.55. The van der Waals surface area contributed by atoms with Crippen molar-refractivity contribution in [3.63, 3.8) is 0 Å². The van der Waals surface area contributed by atoms with E-state index < -0.39 is 29.9 Å². The van der Waals surface area contributed by atoms with Crippen molar-refractivity contribution in [2.45, 2.75) is 212 Å². The first-order valence-corrected chi connectivity index (χ1v) is 27.4. The highest BCUT2D eigenvalue weighted by Gasteiger charge is 2.65. The summed E-state index contributed by atoms with van der Waals surface area (Å²) >= 11 is 0. The number of hydrogen-bond donors (Lipinski definition) is 3. The van der Waals surface area contributed by atoms with Gasteiger partial charge in [-0.3, -0.25) is 0 Å². The second-order valence-corrected chi connectivity index (χ2v) is 19.6. The van der Waals surface area contributed by atoms with Crippen molar-refractivity contribution in [1.82, 2.24) is 10.2 Å². The zero-order valence-corrected chi connectivity index (χ0v) is 43.0. The Hall–Kier alpha value is -3.61. The fourth-order valence-electron chi connectivity index (χ4n) is 10.9. The van der Waals surface area contributed by atoms with E-state index in [4.69, 9.17) is 28.9 Å². The van der Waals surface area contributed by atoms with E-state index in [0.717, 1.165) is 74.6 Å². The van der Waals surface area contributed by atoms with E-state index in [1.165, 1.54) is 96.3 Å². The minimum absolute atomic E-state index is 0.0458. The zero-order chi connectivity index (χ0) is 48.8. The number of oxime groups is 1. The molecule has 3 aliphatic rings. The van der Waals surface area contributed by atoms with Crippen molar-refractivity contribution in [3.05, 3.63) is 48.1 Å². The minimum atomic E-state index is -1.38. The number of carbonyl (C=O) groups is 2. The Morgan fingerprint density at radius 2 is 1.43 bits per heavy atom. The summed E-state index contributed by atoms with van der Waals surface area (Å²) in [6.45, 7) is 12.0. The van der Waals surface area contributed by atoms with Crippen LogP contribution >= 0.6 is 0 Å². The highest BCUT2D eigenvalue weighted by Crippen LogP contribution is 2.61. The van der Waals surface area contributed by atoms with Crippen LogP contribution < -0.4 is 14.8 Å². The number of nitrogens with zero attached hydrogens (tertiary/aromatic N) is 2. The first-order chi connectivity index (χ1) is 33.3. The second kappa shape index (κ2) is 33.1. The number of aliphatic hydroxyl groups is 2. The van der Waals surface area contributed by atoms with Crippen LogP contribution in [0.4, 0.5) is 9.59 Å². The summed E-state index contributed by atoms with van der Waals surface area (Å²) in [5, 5.41) is 27.5. The third-order valence-corrected chi connectivity index (χ3v) is 14.4. The number of carbonyl (C=O) groups excluding carboxylic acids is 2. The van der Waals surface area contributed by atoms with Gasteiger partial charge >= 0.3 is 12.2 Å². The Morgan fingerprint density at radius 1 is 0.824 bits per heavy atom. The van der Waals surface area contributed by atoms with Crippen LogP contribution in [0.25, 0.3) is 0 Å². The van der Waals surface area contributed by atoms with Gasteiger partial charge in [-0.1, -0.05) is 160 Å². The molecule has 0 saturated heterocycles. The van der Waals surface area contributed by atoms with Crippen LogP contribution in [0.1, 0.15) is 206 Å². The summed E-state index contributed by atoms with van der Waals surface area (Å²) in [7, 11) is 1.76. The number of fused-ring (bicyclic) bond motifs is 2. The molecule has 12 heteroatoms. The van der Waals surface area contributed by atoms with Crippen molar-refractivity contribution in [2.75, 3.05) is 46.6 Å². The third-order valence-electron chi connectivity index (χ3n) is 14.4. The van der Waals surface area contributed by atoms with Crippen LogP contribution in [0.3, 0.4) is 0 Å². The predicted octanol–water partition coefficient (Wildman–Crippen LogP) is 13.3. The van der Waals surface area contributed by atoms with Crippen LogP contribution in [-0.4, -0.2) is 91.5 Å². The third kappa shape index (κ3) is 17.7. The first kappa shape index (κ1) is 57.0. The predicted molar refractivity (Wildman–Crippen MR) is 273 cm³/mol. The van der Waals surface area contributed by atoms with E-state index in [9.17, 15) is 19.8 Å². The monoisotopic (exact) mass is 952 g/mol. The highest BCUT2D eigenvalue weighted by atomic mass is 16.7. The topological polar surface area (TPSA) is 148 Å². The van der Waals surface area contributed by atoms with E-state index in [2.05, 4.69) is 31.8 Å². The van der Waals surface area contributed by atoms with Crippen molar-refractivity contribution in [1.29, 1.82) is 0 Å². The van der Waals surface area contributed by atoms with Crippen LogP contribution in [0, 0.1) is 17.8 Å². The summed E-state index contributed by atoms with van der Waals surface area (Å²) in [6.07, 6.45) is 32.1. The molecule has 12 nitrogen and oxygen atoms in total. The molecule has 386 valence electrons. The van der Waals surface area contributed by atoms with Gasteiger partial charge in [0.25, 0.3) is 0 Å². The molecular weight excluding hydrogens is 859 g/mol. The second-order valence-electron chi connectivity index (χ2n) is 19.6. The molecule has 1 aromatic carbocycles. The lowest BCUT2D eigenvalue weighted by Crippen LogP contribution is -2.69. The van der Waals surface area contributed by atoms with Crippen LogP contribution in [0.2, 0.25) is 0 Å². The summed E-state index contributed by atoms with van der Waals surface area (Å²) in [5.74, 6) is -0.932. The average Bonchev–Trinajstić information content (AvgIpc) is 3.34. The number of hydrogen-bond acceptors (Lipinski definition) is 10. The molecule has 0 radical (unpaired) electrons. The normalized spacial score (nSPS) is 22.1. The number of likely N-dealkylation sites (N-methyl/N-ethyl adjacent to an activating group) is 1. The van der Waals surface area contributed by atoms with Crippen LogP contribution in [0.15, 0.2) is 47.7 Å². The Labute approximate surface area is 411 Å². The molecule has 1 fully saturated rings. The summed E-state index contributed by atoms with van der Waals surface area (Å²) in [5.41, 5.74) is 2.57. The molecule has 1 aliphatic heterocycles. The van der Waals surface area contributed by atoms with Crippen molar-refractivity contribution in [2.24, 2.45) is 22.9 Å². The maximum absolute atomic E-state index is 14.2. The fourth-order valence-corrected chi connectivity index (χ4v) is 10.9. The number of rotatable bonds is 37. The molecule has 6 atom stereocenters. The van der Waals surface area contributed by atoms with Crippen molar-refractivity contribution in [3.8, 4) is 11.5 Å². The Morgan fingerprint density at radius 3 is 2.03 bits per heavy atom. The Kier molecular flexibility index (Phi) is 27.7. The van der Waals surface area contributed by atoms with Gasteiger partial charge in [-0.2, -0.15) is 0 Å². The molecule has 3 N–H and O–H groups in total. The molecule has 1 saturated carbocycles. The summed E-state index contributed by atoms with van der Waals surface area (Å²) < 4.78 is 26.2. The van der Waals surface area contributed by atoms with E-state index in [1.54, 1.807) is 24.1 Å².